The van der Waals surface area contributed by atoms with Crippen LogP contribution in [-0.4, -0.2) is 51.6 Å². The SMILES string of the molecule is CC(C)(O)c1ccc(C2CC(C(N)=O)=C(Nc3cccc(C(=O)N4CCC(CO)CC4)n3)S2)c(F)c1. The third-order valence-corrected chi connectivity index (χ3v) is 7.93. The van der Waals surface area contributed by atoms with Crippen LogP contribution in [0.25, 0.3) is 0 Å². The van der Waals surface area contributed by atoms with Gasteiger partial charge in [0.15, 0.2) is 0 Å². The highest BCUT2D eigenvalue weighted by Gasteiger charge is 2.32. The molecule has 0 spiro atoms. The Hall–Kier alpha value is -2.95. The number of rotatable bonds is 7. The molecule has 8 nitrogen and oxygen atoms in total. The van der Waals surface area contributed by atoms with Crippen molar-refractivity contribution in [3.05, 3.63) is 69.6 Å². The van der Waals surface area contributed by atoms with E-state index in [-0.39, 0.29) is 35.8 Å². The van der Waals surface area contributed by atoms with Gasteiger partial charge in [-0.3, -0.25) is 9.59 Å². The van der Waals surface area contributed by atoms with Crippen LogP contribution in [-0.2, 0) is 10.4 Å². The zero-order valence-corrected chi connectivity index (χ0v) is 21.1. The van der Waals surface area contributed by atoms with Crippen molar-refractivity contribution in [2.45, 2.75) is 44.0 Å². The smallest absolute Gasteiger partial charge is 0.272 e. The van der Waals surface area contributed by atoms with Crippen molar-refractivity contribution in [2.75, 3.05) is 25.0 Å². The Labute approximate surface area is 213 Å². The molecule has 36 heavy (non-hydrogen) atoms. The minimum atomic E-state index is -1.17. The van der Waals surface area contributed by atoms with Crippen molar-refractivity contribution < 1.29 is 24.2 Å². The van der Waals surface area contributed by atoms with Gasteiger partial charge in [-0.25, -0.2) is 9.37 Å². The predicted molar refractivity (Wildman–Crippen MR) is 136 cm³/mol. The monoisotopic (exact) mass is 514 g/mol. The normalized spacial score (nSPS) is 19.0. The number of pyridine rings is 1. The summed E-state index contributed by atoms with van der Waals surface area (Å²) < 4.78 is 14.9. The summed E-state index contributed by atoms with van der Waals surface area (Å²) in [5, 5.41) is 22.7. The number of piperidine rings is 1. The number of primary amides is 1. The van der Waals surface area contributed by atoms with E-state index < -0.39 is 17.3 Å². The predicted octanol–water partition coefficient (Wildman–Crippen LogP) is 3.28. The maximum Gasteiger partial charge on any atom is 0.272 e. The molecule has 3 heterocycles. The first kappa shape index (κ1) is 26.1. The molecule has 2 aliphatic rings. The van der Waals surface area contributed by atoms with Crippen LogP contribution in [0.5, 0.6) is 0 Å². The Bertz CT molecular complexity index is 1190. The molecule has 2 amide bonds. The van der Waals surface area contributed by atoms with Gasteiger partial charge in [-0.1, -0.05) is 30.0 Å². The van der Waals surface area contributed by atoms with Crippen LogP contribution < -0.4 is 11.1 Å². The van der Waals surface area contributed by atoms with Crippen molar-refractivity contribution >= 4 is 29.4 Å². The lowest BCUT2D eigenvalue weighted by Crippen LogP contribution is -2.39. The van der Waals surface area contributed by atoms with E-state index in [1.165, 1.54) is 17.8 Å². The van der Waals surface area contributed by atoms with Crippen LogP contribution in [0.2, 0.25) is 0 Å². The Morgan fingerprint density at radius 1 is 1.25 bits per heavy atom. The molecule has 4 rings (SSSR count). The van der Waals surface area contributed by atoms with E-state index in [1.807, 2.05) is 0 Å². The molecule has 192 valence electrons. The largest absolute Gasteiger partial charge is 0.396 e. The number of aromatic nitrogens is 1. The fraction of sp³-hybridized carbons (Fsp3) is 0.423. The van der Waals surface area contributed by atoms with Crippen LogP contribution >= 0.6 is 11.8 Å². The first-order valence-electron chi connectivity index (χ1n) is 11.9. The molecule has 2 aliphatic heterocycles. The quantitative estimate of drug-likeness (QED) is 0.446. The molecule has 0 radical (unpaired) electrons. The van der Waals surface area contributed by atoms with E-state index >= 15 is 0 Å². The second-order valence-corrected chi connectivity index (χ2v) is 10.9. The number of anilines is 1. The van der Waals surface area contributed by atoms with E-state index in [2.05, 4.69) is 10.3 Å². The van der Waals surface area contributed by atoms with Crippen LogP contribution in [0, 0.1) is 11.7 Å². The summed E-state index contributed by atoms with van der Waals surface area (Å²) in [6, 6.07) is 9.64. The summed E-state index contributed by atoms with van der Waals surface area (Å²) in [6.07, 6.45) is 1.74. The van der Waals surface area contributed by atoms with Crippen molar-refractivity contribution in [3.63, 3.8) is 0 Å². The van der Waals surface area contributed by atoms with Crippen LogP contribution in [0.15, 0.2) is 47.0 Å². The summed E-state index contributed by atoms with van der Waals surface area (Å²) in [6.45, 7) is 4.43. The summed E-state index contributed by atoms with van der Waals surface area (Å²) in [4.78, 5) is 31.3. The fourth-order valence-electron chi connectivity index (χ4n) is 4.41. The van der Waals surface area contributed by atoms with E-state index in [1.54, 1.807) is 49.1 Å². The van der Waals surface area contributed by atoms with Gasteiger partial charge in [-0.05, 0) is 62.8 Å². The summed E-state index contributed by atoms with van der Waals surface area (Å²) >= 11 is 1.27. The van der Waals surface area contributed by atoms with Crippen LogP contribution in [0.1, 0.15) is 60.0 Å². The highest BCUT2D eigenvalue weighted by molar-refractivity contribution is 8.03. The molecule has 1 aromatic carbocycles. The number of carbonyl (C=O) groups is 2. The van der Waals surface area contributed by atoms with E-state index in [0.29, 0.717) is 40.6 Å². The van der Waals surface area contributed by atoms with Crippen LogP contribution in [0.4, 0.5) is 10.2 Å². The number of benzene rings is 1. The molecule has 0 saturated carbocycles. The van der Waals surface area contributed by atoms with E-state index in [0.717, 1.165) is 12.8 Å². The number of carbonyl (C=O) groups excluding carboxylic acids is 2. The molecule has 1 fully saturated rings. The van der Waals surface area contributed by atoms with Gasteiger partial charge in [0.25, 0.3) is 5.91 Å². The van der Waals surface area contributed by atoms with Gasteiger partial charge in [0, 0.05) is 36.1 Å². The molecule has 2 aromatic rings. The number of hydrogen-bond donors (Lipinski definition) is 4. The minimum absolute atomic E-state index is 0.128. The van der Waals surface area contributed by atoms with E-state index in [9.17, 15) is 24.2 Å². The third kappa shape index (κ3) is 5.71. The zero-order chi connectivity index (χ0) is 26.0. The highest BCUT2D eigenvalue weighted by atomic mass is 32.2. The maximum atomic E-state index is 14.9. The Balaban J connectivity index is 1.50. The number of hydrogen-bond acceptors (Lipinski definition) is 7. The van der Waals surface area contributed by atoms with Crippen LogP contribution in [0.3, 0.4) is 0 Å². The number of halogens is 1. The van der Waals surface area contributed by atoms with Gasteiger partial charge < -0.3 is 26.2 Å². The van der Waals surface area contributed by atoms with Gasteiger partial charge >= 0.3 is 0 Å². The second kappa shape index (κ2) is 10.6. The molecule has 10 heteroatoms. The Morgan fingerprint density at radius 3 is 2.58 bits per heavy atom. The van der Waals surface area contributed by atoms with Gasteiger partial charge in [0.1, 0.15) is 17.3 Å². The number of thioether (sulfide) groups is 1. The first-order valence-corrected chi connectivity index (χ1v) is 12.8. The van der Waals surface area contributed by atoms with Gasteiger partial charge in [-0.15, -0.1) is 0 Å². The topological polar surface area (TPSA) is 129 Å². The van der Waals surface area contributed by atoms with Gasteiger partial charge in [-0.2, -0.15) is 0 Å². The number of nitrogens with one attached hydrogen (secondary N) is 1. The fourth-order valence-corrected chi connectivity index (χ4v) is 5.76. The third-order valence-electron chi connectivity index (χ3n) is 6.64. The molecular weight excluding hydrogens is 483 g/mol. The lowest BCUT2D eigenvalue weighted by Gasteiger charge is -2.30. The number of aliphatic hydroxyl groups excluding tert-OH is 1. The van der Waals surface area contributed by atoms with Crippen molar-refractivity contribution in [1.29, 1.82) is 0 Å². The molecule has 1 saturated heterocycles. The number of nitrogens with zero attached hydrogens (tertiary/aromatic N) is 2. The minimum Gasteiger partial charge on any atom is -0.396 e. The molecule has 1 aromatic heterocycles. The summed E-state index contributed by atoms with van der Waals surface area (Å²) in [5.74, 6) is -0.665. The average Bonchev–Trinajstić information content (AvgIpc) is 3.27. The standard InChI is InChI=1S/C26H31FN4O4S/c1-26(2,35)16-6-7-17(19(27)12-16)21-13-18(23(28)33)24(36-21)30-22-5-3-4-20(29-22)25(34)31-10-8-15(14-32)9-11-31/h3-7,12,15,21,32,35H,8-11,13-14H2,1-2H3,(H2,28,33)(H,29,30). The second-order valence-electron chi connectivity index (χ2n) is 9.73. The number of amides is 2. The molecule has 1 unspecified atom stereocenters. The first-order chi connectivity index (χ1) is 17.1. The molecule has 1 atom stereocenters. The van der Waals surface area contributed by atoms with Crippen molar-refractivity contribution in [2.24, 2.45) is 11.7 Å². The lowest BCUT2D eigenvalue weighted by atomic mass is 9.95. The molecule has 0 aliphatic carbocycles. The molecule has 0 bridgehead atoms. The average molecular weight is 515 g/mol. The molecular formula is C26H31FN4O4S. The number of aliphatic hydroxyl groups is 2. The maximum absolute atomic E-state index is 14.9. The van der Waals surface area contributed by atoms with Gasteiger partial charge in [0.05, 0.1) is 10.6 Å². The number of nitrogens with two attached hydrogens (primary N) is 1. The summed E-state index contributed by atoms with van der Waals surface area (Å²) in [5.41, 5.74) is 5.93. The molecule has 5 N–H and O–H groups in total. The Morgan fingerprint density at radius 2 is 1.97 bits per heavy atom. The number of likely N-dealkylation sites (tertiary alicyclic amines) is 1. The van der Waals surface area contributed by atoms with E-state index in [4.69, 9.17) is 5.73 Å². The van der Waals surface area contributed by atoms with Crippen molar-refractivity contribution in [1.82, 2.24) is 9.88 Å². The lowest BCUT2D eigenvalue weighted by molar-refractivity contribution is -0.114. The zero-order valence-electron chi connectivity index (χ0n) is 20.3. The van der Waals surface area contributed by atoms with Crippen molar-refractivity contribution in [3.8, 4) is 0 Å². The highest BCUT2D eigenvalue weighted by Crippen LogP contribution is 2.48. The Kier molecular flexibility index (Phi) is 7.67. The van der Waals surface area contributed by atoms with Gasteiger partial charge in [0.2, 0.25) is 5.91 Å². The summed E-state index contributed by atoms with van der Waals surface area (Å²) in [7, 11) is 0.